The number of aliphatic hydroxyl groups is 8. The molecule has 2 aliphatic rings. The zero-order chi connectivity index (χ0) is 56.7. The molecule has 0 aromatic carbocycles. The van der Waals surface area contributed by atoms with Gasteiger partial charge in [-0.25, -0.2) is 0 Å². The maximum absolute atomic E-state index is 13.3. The van der Waals surface area contributed by atoms with E-state index in [1.807, 2.05) is 6.08 Å². The van der Waals surface area contributed by atoms with Gasteiger partial charge < -0.3 is 65.1 Å². The number of ether oxygens (including phenoxy) is 4. The van der Waals surface area contributed by atoms with Gasteiger partial charge in [-0.15, -0.1) is 0 Å². The number of aliphatic hydroxyl groups excluding tert-OH is 8. The number of nitrogens with one attached hydrogen (secondary N) is 1. The number of rotatable bonds is 52. The van der Waals surface area contributed by atoms with Crippen LogP contribution in [0.25, 0.3) is 0 Å². The Morgan fingerprint density at radius 2 is 0.821 bits per heavy atom. The third kappa shape index (κ3) is 34.6. The van der Waals surface area contributed by atoms with Gasteiger partial charge in [0.05, 0.1) is 32.0 Å². The summed E-state index contributed by atoms with van der Waals surface area (Å²) in [5.41, 5.74) is 0. The standard InChI is InChI=1S/C64H119NO13/c1-3-5-7-9-11-13-15-17-19-21-22-23-24-25-26-27-28-29-30-31-32-33-35-37-39-41-43-45-47-53(68)52(65-56(69)48-46-44-42-40-38-36-34-20-18-16-14-12-10-8-6-4-2)51-75-63-61(74)59(72)62(55(50-67)77-63)78-64-60(73)58(71)57(70)54(49-66)76-64/h31-32,37,39,45,47,52-55,57-64,66-68,70-74H,3-30,33-36,38,40-44,46,48-51H2,1-2H3,(H,65,69)/b32-31+,39-37+,47-45+. The quantitative estimate of drug-likeness (QED) is 0.0204. The van der Waals surface area contributed by atoms with Crippen molar-refractivity contribution in [2.24, 2.45) is 0 Å². The molecule has 0 aromatic heterocycles. The largest absolute Gasteiger partial charge is 0.394 e. The summed E-state index contributed by atoms with van der Waals surface area (Å²) >= 11 is 0. The first-order chi connectivity index (χ1) is 38.1. The van der Waals surface area contributed by atoms with Gasteiger partial charge in [-0.2, -0.15) is 0 Å². The van der Waals surface area contributed by atoms with Crippen molar-refractivity contribution >= 4 is 5.91 Å². The average Bonchev–Trinajstić information content (AvgIpc) is 3.45. The van der Waals surface area contributed by atoms with E-state index in [0.717, 1.165) is 44.9 Å². The zero-order valence-corrected chi connectivity index (χ0v) is 49.4. The minimum atomic E-state index is -1.79. The van der Waals surface area contributed by atoms with Crippen LogP contribution in [0.4, 0.5) is 0 Å². The second-order valence-electron chi connectivity index (χ2n) is 22.9. The Kier molecular flexibility index (Phi) is 46.2. The molecule has 12 atom stereocenters. The highest BCUT2D eigenvalue weighted by atomic mass is 16.7. The number of hydrogen-bond donors (Lipinski definition) is 9. The molecule has 0 aliphatic carbocycles. The van der Waals surface area contributed by atoms with E-state index in [2.05, 4.69) is 43.5 Å². The molecule has 9 N–H and O–H groups in total. The van der Waals surface area contributed by atoms with E-state index in [9.17, 15) is 45.6 Å². The van der Waals surface area contributed by atoms with Crippen LogP contribution in [-0.2, 0) is 23.7 Å². The molecular formula is C64H119NO13. The molecule has 1 amide bonds. The van der Waals surface area contributed by atoms with E-state index in [1.165, 1.54) is 193 Å². The van der Waals surface area contributed by atoms with Crippen molar-refractivity contribution in [1.82, 2.24) is 5.32 Å². The predicted molar refractivity (Wildman–Crippen MR) is 314 cm³/mol. The minimum Gasteiger partial charge on any atom is -0.394 e. The van der Waals surface area contributed by atoms with Crippen LogP contribution in [0.15, 0.2) is 36.5 Å². The molecule has 0 spiro atoms. The van der Waals surface area contributed by atoms with Crippen LogP contribution in [0.5, 0.6) is 0 Å². The highest BCUT2D eigenvalue weighted by molar-refractivity contribution is 5.76. The molecule has 2 fully saturated rings. The Hall–Kier alpha value is -1.79. The Balaban J connectivity index is 1.73. The summed E-state index contributed by atoms with van der Waals surface area (Å²) in [6.45, 7) is 2.80. The summed E-state index contributed by atoms with van der Waals surface area (Å²) in [6, 6.07) is -0.935. The predicted octanol–water partition coefficient (Wildman–Crippen LogP) is 11.8. The minimum absolute atomic E-state index is 0.250. The fourth-order valence-electron chi connectivity index (χ4n) is 10.6. The molecule has 0 bridgehead atoms. The second kappa shape index (κ2) is 49.8. The smallest absolute Gasteiger partial charge is 0.220 e. The molecule has 12 unspecified atom stereocenters. The van der Waals surface area contributed by atoms with Gasteiger partial charge in [0.1, 0.15) is 48.8 Å². The van der Waals surface area contributed by atoms with Crippen molar-refractivity contribution in [3.8, 4) is 0 Å². The van der Waals surface area contributed by atoms with Crippen LogP contribution in [0.3, 0.4) is 0 Å². The van der Waals surface area contributed by atoms with Crippen LogP contribution in [-0.4, -0.2) is 140 Å². The number of amides is 1. The lowest BCUT2D eigenvalue weighted by atomic mass is 9.97. The molecule has 0 aromatic rings. The van der Waals surface area contributed by atoms with Crippen LogP contribution < -0.4 is 5.32 Å². The molecule has 78 heavy (non-hydrogen) atoms. The first kappa shape index (κ1) is 72.3. The third-order valence-corrected chi connectivity index (χ3v) is 15.8. The van der Waals surface area contributed by atoms with Gasteiger partial charge in [0.15, 0.2) is 12.6 Å². The maximum Gasteiger partial charge on any atom is 0.220 e. The lowest BCUT2D eigenvalue weighted by molar-refractivity contribution is -0.359. The Labute approximate surface area is 474 Å². The van der Waals surface area contributed by atoms with Crippen molar-refractivity contribution in [3.05, 3.63) is 36.5 Å². The first-order valence-electron chi connectivity index (χ1n) is 32.2. The summed E-state index contributed by atoms with van der Waals surface area (Å²) in [5.74, 6) is -0.250. The molecule has 2 saturated heterocycles. The normalized spacial score (nSPS) is 24.7. The van der Waals surface area contributed by atoms with E-state index >= 15 is 0 Å². The number of unbranched alkanes of at least 4 members (excludes halogenated alkanes) is 35. The lowest BCUT2D eigenvalue weighted by Gasteiger charge is -2.46. The highest BCUT2D eigenvalue weighted by Crippen LogP contribution is 2.30. The number of allylic oxidation sites excluding steroid dienone is 5. The summed E-state index contributed by atoms with van der Waals surface area (Å²) in [6.07, 6.45) is 44.9. The van der Waals surface area contributed by atoms with Gasteiger partial charge in [-0.3, -0.25) is 4.79 Å². The van der Waals surface area contributed by atoms with Gasteiger partial charge in [0.2, 0.25) is 5.91 Å². The summed E-state index contributed by atoms with van der Waals surface area (Å²) in [5, 5.41) is 87.2. The van der Waals surface area contributed by atoms with Gasteiger partial charge in [0, 0.05) is 6.42 Å². The van der Waals surface area contributed by atoms with Gasteiger partial charge in [-0.1, -0.05) is 256 Å². The van der Waals surface area contributed by atoms with Gasteiger partial charge in [-0.05, 0) is 44.9 Å². The number of carbonyl (C=O) groups excluding carboxylic acids is 1. The average molecular weight is 1110 g/mol. The lowest BCUT2D eigenvalue weighted by Crippen LogP contribution is -2.65. The van der Waals surface area contributed by atoms with Gasteiger partial charge in [0.25, 0.3) is 0 Å². The van der Waals surface area contributed by atoms with E-state index in [4.69, 9.17) is 18.9 Å². The zero-order valence-electron chi connectivity index (χ0n) is 49.4. The molecule has 14 nitrogen and oxygen atoms in total. The second-order valence-corrected chi connectivity index (χ2v) is 22.9. The third-order valence-electron chi connectivity index (χ3n) is 15.8. The van der Waals surface area contributed by atoms with E-state index in [-0.39, 0.29) is 18.9 Å². The van der Waals surface area contributed by atoms with Crippen molar-refractivity contribution in [1.29, 1.82) is 0 Å². The van der Waals surface area contributed by atoms with Crippen molar-refractivity contribution in [3.63, 3.8) is 0 Å². The first-order valence-corrected chi connectivity index (χ1v) is 32.2. The van der Waals surface area contributed by atoms with Gasteiger partial charge >= 0.3 is 0 Å². The summed E-state index contributed by atoms with van der Waals surface area (Å²) in [7, 11) is 0. The Bertz CT molecular complexity index is 1450. The molecule has 2 heterocycles. The molecule has 2 aliphatic heterocycles. The van der Waals surface area contributed by atoms with Crippen LogP contribution >= 0.6 is 0 Å². The van der Waals surface area contributed by atoms with Crippen molar-refractivity contribution in [2.45, 2.75) is 344 Å². The van der Waals surface area contributed by atoms with E-state index in [0.29, 0.717) is 12.8 Å². The molecule has 0 saturated carbocycles. The molecule has 2 rings (SSSR count). The monoisotopic (exact) mass is 1110 g/mol. The molecule has 14 heteroatoms. The van der Waals surface area contributed by atoms with Crippen molar-refractivity contribution in [2.75, 3.05) is 19.8 Å². The fraction of sp³-hybridized carbons (Fsp3) is 0.891. The van der Waals surface area contributed by atoms with Crippen LogP contribution in [0.2, 0.25) is 0 Å². The van der Waals surface area contributed by atoms with Crippen LogP contribution in [0, 0.1) is 0 Å². The highest BCUT2D eigenvalue weighted by Gasteiger charge is 2.51. The van der Waals surface area contributed by atoms with E-state index < -0.39 is 86.8 Å². The number of carbonyl (C=O) groups is 1. The summed E-state index contributed by atoms with van der Waals surface area (Å²) < 4.78 is 22.8. The Morgan fingerprint density at radius 1 is 0.449 bits per heavy atom. The van der Waals surface area contributed by atoms with Crippen LogP contribution in [0.1, 0.15) is 271 Å². The van der Waals surface area contributed by atoms with E-state index in [1.54, 1.807) is 6.08 Å². The fourth-order valence-corrected chi connectivity index (χ4v) is 10.6. The maximum atomic E-state index is 13.3. The topological polar surface area (TPSA) is 228 Å². The molecule has 458 valence electrons. The summed E-state index contributed by atoms with van der Waals surface area (Å²) in [4.78, 5) is 13.3. The van der Waals surface area contributed by atoms with Crippen molar-refractivity contribution < 1.29 is 64.6 Å². The SMILES string of the molecule is CCCCCCCCCCCCCCCCCCCC/C=C/CC/C=C/CC/C=C/C(O)C(COC1OC(CO)C(OC2OC(CO)C(O)C(O)C2O)C(O)C1O)NC(=O)CCCCCCCCCCCCCCCCCC. The Morgan fingerprint density at radius 3 is 1.26 bits per heavy atom. The number of hydrogen-bond acceptors (Lipinski definition) is 13. The molecular weight excluding hydrogens is 991 g/mol. The molecule has 0 radical (unpaired) electrons.